The van der Waals surface area contributed by atoms with Crippen LogP contribution in [0.1, 0.15) is 11.5 Å². The van der Waals surface area contributed by atoms with Gasteiger partial charge in [-0.05, 0) is 43.3 Å². The minimum atomic E-state index is -0.202. The second kappa shape index (κ2) is 5.33. The molecule has 0 radical (unpaired) electrons. The van der Waals surface area contributed by atoms with Crippen molar-refractivity contribution in [2.24, 2.45) is 0 Å². The molecule has 4 rings (SSSR count). The molecule has 5 nitrogen and oxygen atoms in total. The molecule has 0 atom stereocenters. The number of rotatable bonds is 2. The molecule has 0 N–H and O–H groups in total. The Morgan fingerprint density at radius 1 is 1.22 bits per heavy atom. The lowest BCUT2D eigenvalue weighted by molar-refractivity contribution is 0.525. The number of thiazole rings is 1. The topological polar surface area (TPSA) is 60.4 Å². The first-order chi connectivity index (χ1) is 11.1. The highest BCUT2D eigenvalue weighted by Gasteiger charge is 2.12. The van der Waals surface area contributed by atoms with E-state index in [1.807, 2.05) is 31.2 Å². The third-order valence-corrected chi connectivity index (χ3v) is 4.53. The summed E-state index contributed by atoms with van der Waals surface area (Å²) in [4.78, 5) is 17.4. The second-order valence-corrected chi connectivity index (χ2v) is 6.45. The van der Waals surface area contributed by atoms with Gasteiger partial charge in [0.25, 0.3) is 5.56 Å². The van der Waals surface area contributed by atoms with Crippen LogP contribution in [-0.2, 0) is 0 Å². The van der Waals surface area contributed by atoms with Crippen molar-refractivity contribution < 1.29 is 4.42 Å². The Bertz CT molecular complexity index is 1110. The first kappa shape index (κ1) is 14.2. The summed E-state index contributed by atoms with van der Waals surface area (Å²) in [6, 6.07) is 10.9. The molecule has 7 heteroatoms. The molecule has 1 aromatic carbocycles. The largest absolute Gasteiger partial charge is 0.462 e. The number of aryl methyl sites for hydroxylation is 1. The van der Waals surface area contributed by atoms with Gasteiger partial charge in [-0.1, -0.05) is 22.9 Å². The lowest BCUT2D eigenvalue weighted by Gasteiger charge is -1.93. The number of halogens is 1. The highest BCUT2D eigenvalue weighted by molar-refractivity contribution is 7.15. The molecule has 0 spiro atoms. The normalized spacial score (nSPS) is 12.3. The van der Waals surface area contributed by atoms with E-state index in [-0.39, 0.29) is 5.56 Å². The van der Waals surface area contributed by atoms with E-state index in [0.717, 1.165) is 11.3 Å². The number of hydrogen-bond acceptors (Lipinski definition) is 5. The molecule has 0 aliphatic heterocycles. The Morgan fingerprint density at radius 2 is 2.00 bits per heavy atom. The molecule has 3 aromatic heterocycles. The fourth-order valence-corrected chi connectivity index (χ4v) is 3.23. The third kappa shape index (κ3) is 2.56. The van der Waals surface area contributed by atoms with Gasteiger partial charge in [0.15, 0.2) is 5.82 Å². The van der Waals surface area contributed by atoms with E-state index in [9.17, 15) is 4.79 Å². The molecule has 0 amide bonds. The fourth-order valence-electron chi connectivity index (χ4n) is 2.22. The van der Waals surface area contributed by atoms with Crippen molar-refractivity contribution in [1.29, 1.82) is 0 Å². The summed E-state index contributed by atoms with van der Waals surface area (Å²) in [5, 5.41) is 4.93. The van der Waals surface area contributed by atoms with Crippen LogP contribution < -0.4 is 10.1 Å². The van der Waals surface area contributed by atoms with Crippen LogP contribution in [0.25, 0.3) is 22.4 Å². The molecule has 0 saturated heterocycles. The molecule has 0 unspecified atom stereocenters. The Hall–Kier alpha value is -2.44. The molecule has 0 bridgehead atoms. The van der Waals surface area contributed by atoms with Crippen molar-refractivity contribution in [3.05, 3.63) is 67.8 Å². The van der Waals surface area contributed by atoms with Crippen LogP contribution in [0.3, 0.4) is 0 Å². The first-order valence-corrected chi connectivity index (χ1v) is 8.03. The molecule has 114 valence electrons. The van der Waals surface area contributed by atoms with E-state index in [2.05, 4.69) is 10.1 Å². The summed E-state index contributed by atoms with van der Waals surface area (Å²) in [6.07, 6.45) is 1.71. The van der Waals surface area contributed by atoms with Gasteiger partial charge in [0.2, 0.25) is 4.96 Å². The molecule has 23 heavy (non-hydrogen) atoms. The zero-order valence-electron chi connectivity index (χ0n) is 12.0. The van der Waals surface area contributed by atoms with Crippen molar-refractivity contribution >= 4 is 34.0 Å². The van der Waals surface area contributed by atoms with Crippen molar-refractivity contribution in [3.63, 3.8) is 0 Å². The maximum atomic E-state index is 12.4. The van der Waals surface area contributed by atoms with E-state index in [0.29, 0.717) is 26.1 Å². The Morgan fingerprint density at radius 3 is 2.65 bits per heavy atom. The molecule has 3 heterocycles. The number of benzene rings is 1. The number of fused-ring (bicyclic) bond motifs is 1. The summed E-state index contributed by atoms with van der Waals surface area (Å²) < 4.78 is 7.32. The SMILES string of the molecule is Cc1ccc(/C=c2/sc3nc(-c4ccc(Cl)cc4)nn3c2=O)o1. The number of nitrogens with zero attached hydrogens (tertiary/aromatic N) is 3. The van der Waals surface area contributed by atoms with Gasteiger partial charge in [0, 0.05) is 16.7 Å². The molecular weight excluding hydrogens is 334 g/mol. The number of hydrogen-bond donors (Lipinski definition) is 0. The van der Waals surface area contributed by atoms with Crippen LogP contribution in [-0.4, -0.2) is 14.6 Å². The van der Waals surface area contributed by atoms with Crippen molar-refractivity contribution in [2.75, 3.05) is 0 Å². The average Bonchev–Trinajstić information content (AvgIpc) is 3.19. The fraction of sp³-hybridized carbons (Fsp3) is 0.0625. The van der Waals surface area contributed by atoms with Crippen LogP contribution in [0.15, 0.2) is 45.6 Å². The zero-order chi connectivity index (χ0) is 16.0. The minimum absolute atomic E-state index is 0.202. The van der Waals surface area contributed by atoms with Gasteiger partial charge >= 0.3 is 0 Å². The van der Waals surface area contributed by atoms with Gasteiger partial charge in [0.1, 0.15) is 16.1 Å². The van der Waals surface area contributed by atoms with E-state index >= 15 is 0 Å². The number of aromatic nitrogens is 3. The van der Waals surface area contributed by atoms with Gasteiger partial charge in [0.05, 0.1) is 0 Å². The van der Waals surface area contributed by atoms with E-state index in [1.165, 1.54) is 15.9 Å². The second-order valence-electron chi connectivity index (χ2n) is 5.00. The third-order valence-electron chi connectivity index (χ3n) is 3.32. The number of furan rings is 1. The summed E-state index contributed by atoms with van der Waals surface area (Å²) in [5.74, 6) is 1.95. The molecule has 4 aromatic rings. The van der Waals surface area contributed by atoms with E-state index < -0.39 is 0 Å². The van der Waals surface area contributed by atoms with E-state index in [4.69, 9.17) is 16.0 Å². The van der Waals surface area contributed by atoms with Crippen molar-refractivity contribution in [1.82, 2.24) is 14.6 Å². The molecule has 0 aliphatic rings. The summed E-state index contributed by atoms with van der Waals surface area (Å²) in [6.45, 7) is 1.86. The van der Waals surface area contributed by atoms with Crippen LogP contribution in [0.5, 0.6) is 0 Å². The molecule has 0 aliphatic carbocycles. The standard InChI is InChI=1S/C16H10ClN3O2S/c1-9-2-7-12(22-9)8-13-15(21)20-16(23-13)18-14(19-20)10-3-5-11(17)6-4-10/h2-8H,1H3/b13-8+. The minimum Gasteiger partial charge on any atom is -0.462 e. The lowest BCUT2D eigenvalue weighted by Crippen LogP contribution is -2.23. The van der Waals surface area contributed by atoms with Crippen LogP contribution >= 0.6 is 22.9 Å². The molecule has 0 fully saturated rings. The average molecular weight is 344 g/mol. The predicted octanol–water partition coefficient (Wildman–Crippen LogP) is 2.92. The monoisotopic (exact) mass is 343 g/mol. The van der Waals surface area contributed by atoms with Crippen molar-refractivity contribution in [2.45, 2.75) is 6.92 Å². The summed E-state index contributed by atoms with van der Waals surface area (Å²) in [5.41, 5.74) is 0.614. The predicted molar refractivity (Wildman–Crippen MR) is 89.8 cm³/mol. The Kier molecular flexibility index (Phi) is 3.28. The van der Waals surface area contributed by atoms with Gasteiger partial charge < -0.3 is 4.42 Å². The maximum Gasteiger partial charge on any atom is 0.291 e. The van der Waals surface area contributed by atoms with Gasteiger partial charge in [-0.25, -0.2) is 0 Å². The van der Waals surface area contributed by atoms with Crippen molar-refractivity contribution in [3.8, 4) is 11.4 Å². The van der Waals surface area contributed by atoms with Crippen LogP contribution in [0.4, 0.5) is 0 Å². The highest BCUT2D eigenvalue weighted by Crippen LogP contribution is 2.19. The van der Waals surface area contributed by atoms with Gasteiger partial charge in [-0.3, -0.25) is 4.79 Å². The quantitative estimate of drug-likeness (QED) is 0.561. The van der Waals surface area contributed by atoms with Gasteiger partial charge in [-0.2, -0.15) is 9.50 Å². The van der Waals surface area contributed by atoms with Crippen LogP contribution in [0.2, 0.25) is 5.02 Å². The molecule has 0 saturated carbocycles. The smallest absolute Gasteiger partial charge is 0.291 e. The first-order valence-electron chi connectivity index (χ1n) is 6.84. The maximum absolute atomic E-state index is 12.4. The van der Waals surface area contributed by atoms with Gasteiger partial charge in [-0.15, -0.1) is 5.10 Å². The Labute approximate surface area is 139 Å². The zero-order valence-corrected chi connectivity index (χ0v) is 13.6. The lowest BCUT2D eigenvalue weighted by atomic mass is 10.2. The Balaban J connectivity index is 1.82. The van der Waals surface area contributed by atoms with Crippen LogP contribution in [0, 0.1) is 6.92 Å². The molecular formula is C16H10ClN3O2S. The van der Waals surface area contributed by atoms with E-state index in [1.54, 1.807) is 18.2 Å². The summed E-state index contributed by atoms with van der Waals surface area (Å²) >= 11 is 7.16. The highest BCUT2D eigenvalue weighted by atomic mass is 35.5. The summed E-state index contributed by atoms with van der Waals surface area (Å²) in [7, 11) is 0.